The second-order valence-electron chi connectivity index (χ2n) is 6.04. The van der Waals surface area contributed by atoms with Crippen molar-refractivity contribution in [2.45, 2.75) is 38.1 Å². The quantitative estimate of drug-likeness (QED) is 0.804. The molecule has 23 heavy (non-hydrogen) atoms. The van der Waals surface area contributed by atoms with Crippen LogP contribution in [0.1, 0.15) is 38.2 Å². The Labute approximate surface area is 135 Å². The molecule has 0 heterocycles. The van der Waals surface area contributed by atoms with Gasteiger partial charge in [-0.15, -0.1) is 0 Å². The molecule has 0 radical (unpaired) electrons. The van der Waals surface area contributed by atoms with Crippen LogP contribution in [0, 0.1) is 5.92 Å². The van der Waals surface area contributed by atoms with Crippen molar-refractivity contribution in [3.8, 4) is 11.5 Å². The highest BCUT2D eigenvalue weighted by molar-refractivity contribution is 5.89. The van der Waals surface area contributed by atoms with Gasteiger partial charge in [0.25, 0.3) is 0 Å². The van der Waals surface area contributed by atoms with Crippen molar-refractivity contribution in [2.24, 2.45) is 5.92 Å². The van der Waals surface area contributed by atoms with E-state index >= 15 is 0 Å². The maximum absolute atomic E-state index is 12.4. The van der Waals surface area contributed by atoms with Crippen molar-refractivity contribution in [3.63, 3.8) is 0 Å². The Bertz CT molecular complexity index is 615. The Morgan fingerprint density at radius 1 is 1.35 bits per heavy atom. The van der Waals surface area contributed by atoms with Crippen molar-refractivity contribution in [1.29, 1.82) is 0 Å². The molecule has 2 N–H and O–H groups in total. The normalized spacial score (nSPS) is 21.9. The Balaban J connectivity index is 2.13. The molecule has 1 amide bonds. The number of carbonyl (C=O) groups is 2. The number of amides is 1. The van der Waals surface area contributed by atoms with Gasteiger partial charge < -0.3 is 19.9 Å². The summed E-state index contributed by atoms with van der Waals surface area (Å²) in [6, 6.07) is 5.49. The highest BCUT2D eigenvalue weighted by atomic mass is 16.5. The van der Waals surface area contributed by atoms with Gasteiger partial charge in [0, 0.05) is 17.4 Å². The minimum Gasteiger partial charge on any atom is -0.497 e. The molecule has 3 unspecified atom stereocenters. The van der Waals surface area contributed by atoms with Gasteiger partial charge in [-0.3, -0.25) is 4.79 Å². The molecule has 1 fully saturated rings. The fraction of sp³-hybridized carbons (Fsp3) is 0.529. The molecule has 2 rings (SSSR count). The Morgan fingerprint density at radius 3 is 2.57 bits per heavy atom. The first kappa shape index (κ1) is 17.1. The average Bonchev–Trinajstić information content (AvgIpc) is 3.34. The summed E-state index contributed by atoms with van der Waals surface area (Å²) < 4.78 is 10.6. The zero-order chi connectivity index (χ0) is 17.2. The SMILES string of the molecule is CCC(C)(NC(=O)C1CC1c1cc(OC)ccc1OC)C(=O)O. The van der Waals surface area contributed by atoms with Gasteiger partial charge in [-0.25, -0.2) is 4.79 Å². The number of nitrogens with one attached hydrogen (secondary N) is 1. The van der Waals surface area contributed by atoms with E-state index < -0.39 is 11.5 Å². The third-order valence-corrected chi connectivity index (χ3v) is 4.54. The molecule has 6 heteroatoms. The molecule has 1 aliphatic rings. The number of carboxylic acid groups (broad SMARTS) is 1. The number of hydrogen-bond acceptors (Lipinski definition) is 4. The summed E-state index contributed by atoms with van der Waals surface area (Å²) >= 11 is 0. The van der Waals surface area contributed by atoms with Crippen LogP contribution < -0.4 is 14.8 Å². The fourth-order valence-electron chi connectivity index (χ4n) is 2.62. The van der Waals surface area contributed by atoms with Crippen molar-refractivity contribution >= 4 is 11.9 Å². The molecule has 1 aromatic carbocycles. The number of benzene rings is 1. The summed E-state index contributed by atoms with van der Waals surface area (Å²) in [5.74, 6) is -0.0503. The molecular weight excluding hydrogens is 298 g/mol. The number of carbonyl (C=O) groups excluding carboxylic acids is 1. The van der Waals surface area contributed by atoms with Gasteiger partial charge in [0.05, 0.1) is 14.2 Å². The molecule has 1 aliphatic carbocycles. The summed E-state index contributed by atoms with van der Waals surface area (Å²) in [7, 11) is 3.17. The molecule has 126 valence electrons. The zero-order valence-corrected chi connectivity index (χ0v) is 13.9. The molecule has 0 aliphatic heterocycles. The number of aliphatic carboxylic acids is 1. The van der Waals surface area contributed by atoms with Crippen LogP contribution in [0.25, 0.3) is 0 Å². The molecule has 0 saturated heterocycles. The van der Waals surface area contributed by atoms with E-state index in [4.69, 9.17) is 9.47 Å². The van der Waals surface area contributed by atoms with Gasteiger partial charge in [-0.1, -0.05) is 6.92 Å². The predicted molar refractivity (Wildman–Crippen MR) is 84.9 cm³/mol. The lowest BCUT2D eigenvalue weighted by molar-refractivity contribution is -0.147. The van der Waals surface area contributed by atoms with Crippen LogP contribution in [0.15, 0.2) is 18.2 Å². The molecule has 0 aromatic heterocycles. The predicted octanol–water partition coefficient (Wildman–Crippen LogP) is 2.18. The topological polar surface area (TPSA) is 84.9 Å². The minimum absolute atomic E-state index is 0.0231. The second-order valence-corrected chi connectivity index (χ2v) is 6.04. The number of hydrogen-bond donors (Lipinski definition) is 2. The smallest absolute Gasteiger partial charge is 0.329 e. The van der Waals surface area contributed by atoms with Crippen molar-refractivity contribution < 1.29 is 24.2 Å². The Morgan fingerprint density at radius 2 is 2.04 bits per heavy atom. The van der Waals surface area contributed by atoms with E-state index in [1.807, 2.05) is 12.1 Å². The van der Waals surface area contributed by atoms with Crippen LogP contribution in [0.5, 0.6) is 11.5 Å². The monoisotopic (exact) mass is 321 g/mol. The highest BCUT2D eigenvalue weighted by Crippen LogP contribution is 2.51. The summed E-state index contributed by atoms with van der Waals surface area (Å²) in [6.45, 7) is 3.26. The highest BCUT2D eigenvalue weighted by Gasteiger charge is 2.47. The molecule has 1 aromatic rings. The van der Waals surface area contributed by atoms with Crippen LogP contribution in [0.4, 0.5) is 0 Å². The lowest BCUT2D eigenvalue weighted by Crippen LogP contribution is -2.52. The first-order valence-corrected chi connectivity index (χ1v) is 7.63. The third kappa shape index (κ3) is 3.41. The van der Waals surface area contributed by atoms with E-state index in [1.165, 1.54) is 6.92 Å². The van der Waals surface area contributed by atoms with Gasteiger partial charge in [0.1, 0.15) is 17.0 Å². The standard InChI is InChI=1S/C17H23NO5/c1-5-17(2,16(20)21)18-15(19)13-9-11(13)12-8-10(22-3)6-7-14(12)23-4/h6-8,11,13H,5,9H2,1-4H3,(H,18,19)(H,20,21). The molecular formula is C17H23NO5. The number of rotatable bonds is 7. The van der Waals surface area contributed by atoms with Gasteiger partial charge in [0.2, 0.25) is 5.91 Å². The summed E-state index contributed by atoms with van der Waals surface area (Å²) in [6.07, 6.45) is 1.00. The first-order chi connectivity index (χ1) is 10.9. The van der Waals surface area contributed by atoms with E-state index in [0.717, 1.165) is 5.56 Å². The average molecular weight is 321 g/mol. The lowest BCUT2D eigenvalue weighted by atomic mass is 9.98. The van der Waals surface area contributed by atoms with Crippen LogP contribution >= 0.6 is 0 Å². The number of carboxylic acids is 1. The van der Waals surface area contributed by atoms with Gasteiger partial charge in [0.15, 0.2) is 0 Å². The number of ether oxygens (including phenoxy) is 2. The van der Waals surface area contributed by atoms with Crippen molar-refractivity contribution in [1.82, 2.24) is 5.32 Å². The van der Waals surface area contributed by atoms with Crippen LogP contribution in [-0.4, -0.2) is 36.7 Å². The largest absolute Gasteiger partial charge is 0.497 e. The lowest BCUT2D eigenvalue weighted by Gasteiger charge is -2.24. The van der Waals surface area contributed by atoms with Gasteiger partial charge >= 0.3 is 5.97 Å². The van der Waals surface area contributed by atoms with E-state index in [9.17, 15) is 14.7 Å². The van der Waals surface area contributed by atoms with E-state index in [0.29, 0.717) is 24.3 Å². The Kier molecular flexibility index (Phi) is 4.82. The third-order valence-electron chi connectivity index (χ3n) is 4.54. The first-order valence-electron chi connectivity index (χ1n) is 7.63. The maximum atomic E-state index is 12.4. The fourth-order valence-corrected chi connectivity index (χ4v) is 2.62. The Hall–Kier alpha value is -2.24. The molecule has 0 bridgehead atoms. The summed E-state index contributed by atoms with van der Waals surface area (Å²) in [5, 5.41) is 11.9. The number of methoxy groups -OCH3 is 2. The van der Waals surface area contributed by atoms with Crippen molar-refractivity contribution in [2.75, 3.05) is 14.2 Å². The van der Waals surface area contributed by atoms with Crippen molar-refractivity contribution in [3.05, 3.63) is 23.8 Å². The van der Waals surface area contributed by atoms with Crippen LogP contribution in [-0.2, 0) is 9.59 Å². The second kappa shape index (κ2) is 6.48. The molecule has 0 spiro atoms. The maximum Gasteiger partial charge on any atom is 0.329 e. The van der Waals surface area contributed by atoms with Gasteiger partial charge in [-0.2, -0.15) is 0 Å². The van der Waals surface area contributed by atoms with Gasteiger partial charge in [-0.05, 0) is 38.0 Å². The van der Waals surface area contributed by atoms with Crippen LogP contribution in [0.2, 0.25) is 0 Å². The minimum atomic E-state index is -1.23. The van der Waals surface area contributed by atoms with E-state index in [-0.39, 0.29) is 17.7 Å². The molecule has 6 nitrogen and oxygen atoms in total. The molecule has 1 saturated carbocycles. The van der Waals surface area contributed by atoms with E-state index in [1.54, 1.807) is 27.2 Å². The van der Waals surface area contributed by atoms with Crippen LogP contribution in [0.3, 0.4) is 0 Å². The molecule has 3 atom stereocenters. The zero-order valence-electron chi connectivity index (χ0n) is 13.9. The summed E-state index contributed by atoms with van der Waals surface area (Å²) in [5.41, 5.74) is -0.316. The summed E-state index contributed by atoms with van der Waals surface area (Å²) in [4.78, 5) is 23.7. The van der Waals surface area contributed by atoms with E-state index in [2.05, 4.69) is 5.32 Å².